The van der Waals surface area contributed by atoms with Crippen molar-refractivity contribution >= 4 is 33.4 Å². The minimum Gasteiger partial charge on any atom is -0.493 e. The van der Waals surface area contributed by atoms with Crippen LogP contribution >= 0.6 is 11.6 Å². The first kappa shape index (κ1) is 37.6. The molecule has 2 amide bonds. The normalized spacial score (nSPS) is 13.9. The van der Waals surface area contributed by atoms with E-state index >= 15 is 0 Å². The zero-order valence-electron chi connectivity index (χ0n) is 28.6. The highest BCUT2D eigenvalue weighted by molar-refractivity contribution is 7.89. The van der Waals surface area contributed by atoms with Crippen molar-refractivity contribution in [2.24, 2.45) is 0 Å². The lowest BCUT2D eigenvalue weighted by Crippen LogP contribution is -2.52. The lowest BCUT2D eigenvalue weighted by atomic mass is 10.0. The predicted molar refractivity (Wildman–Crippen MR) is 194 cm³/mol. The van der Waals surface area contributed by atoms with Crippen LogP contribution in [0.1, 0.15) is 16.7 Å². The molecule has 1 saturated heterocycles. The van der Waals surface area contributed by atoms with Gasteiger partial charge in [-0.2, -0.15) is 4.31 Å². The van der Waals surface area contributed by atoms with Crippen LogP contribution in [0, 0.1) is 0 Å². The molecule has 1 N–H and O–H groups in total. The van der Waals surface area contributed by atoms with Crippen LogP contribution in [0.3, 0.4) is 0 Å². The zero-order chi connectivity index (χ0) is 36.2. The third kappa shape index (κ3) is 10.2. The number of ether oxygens (including phenoxy) is 4. The monoisotopic (exact) mass is 735 g/mol. The Bertz CT molecular complexity index is 1850. The second-order valence-electron chi connectivity index (χ2n) is 11.9. The molecular weight excluding hydrogens is 694 g/mol. The van der Waals surface area contributed by atoms with Crippen molar-refractivity contribution in [3.63, 3.8) is 0 Å². The summed E-state index contributed by atoms with van der Waals surface area (Å²) in [5, 5.41) is 3.58. The van der Waals surface area contributed by atoms with Gasteiger partial charge in [0.1, 0.15) is 11.8 Å². The summed E-state index contributed by atoms with van der Waals surface area (Å²) in [5.41, 5.74) is 2.60. The Hall–Kier alpha value is -4.62. The van der Waals surface area contributed by atoms with Crippen LogP contribution in [0.5, 0.6) is 17.2 Å². The molecule has 0 radical (unpaired) electrons. The van der Waals surface area contributed by atoms with Gasteiger partial charge in [-0.15, -0.1) is 0 Å². The minimum atomic E-state index is -3.69. The highest BCUT2D eigenvalue weighted by atomic mass is 35.5. The SMILES string of the molecule is COc1ccc(CCNC(=O)[C@@H](Cc2ccccc2)N(Cc2ccc(Cl)cc2)C(=O)COc2ccc(S(=O)(=O)N3CCOCC3)cc2)cc1OC. The molecule has 11 nitrogen and oxygen atoms in total. The van der Waals surface area contributed by atoms with Gasteiger partial charge in [-0.25, -0.2) is 8.42 Å². The molecule has 13 heteroatoms. The molecule has 0 unspecified atom stereocenters. The summed E-state index contributed by atoms with van der Waals surface area (Å²) >= 11 is 6.15. The number of morpholine rings is 1. The van der Waals surface area contributed by atoms with Gasteiger partial charge in [-0.1, -0.05) is 60.1 Å². The summed E-state index contributed by atoms with van der Waals surface area (Å²) in [7, 11) is -0.546. The van der Waals surface area contributed by atoms with E-state index in [0.717, 1.165) is 16.7 Å². The lowest BCUT2D eigenvalue weighted by molar-refractivity contribution is -0.142. The van der Waals surface area contributed by atoms with Gasteiger partial charge in [0.15, 0.2) is 18.1 Å². The molecular formula is C38H42ClN3O8S. The number of rotatable bonds is 16. The van der Waals surface area contributed by atoms with Gasteiger partial charge in [-0.3, -0.25) is 9.59 Å². The average Bonchev–Trinajstić information content (AvgIpc) is 3.16. The zero-order valence-corrected chi connectivity index (χ0v) is 30.2. The Kier molecular flexibility index (Phi) is 13.3. The van der Waals surface area contributed by atoms with E-state index in [9.17, 15) is 18.0 Å². The van der Waals surface area contributed by atoms with Crippen molar-refractivity contribution in [2.45, 2.75) is 30.3 Å². The van der Waals surface area contributed by atoms with Gasteiger partial charge >= 0.3 is 0 Å². The summed E-state index contributed by atoms with van der Waals surface area (Å²) in [6.07, 6.45) is 0.784. The van der Waals surface area contributed by atoms with E-state index in [-0.39, 0.29) is 43.5 Å². The number of halogens is 1. The van der Waals surface area contributed by atoms with Crippen molar-refractivity contribution in [3.05, 3.63) is 119 Å². The van der Waals surface area contributed by atoms with Gasteiger partial charge in [0.05, 0.1) is 32.3 Å². The number of hydrogen-bond donors (Lipinski definition) is 1. The van der Waals surface area contributed by atoms with Gasteiger partial charge in [0, 0.05) is 37.6 Å². The van der Waals surface area contributed by atoms with Crippen LogP contribution in [0.25, 0.3) is 0 Å². The summed E-state index contributed by atoms with van der Waals surface area (Å²) in [6, 6.07) is 27.3. The number of benzene rings is 4. The Balaban J connectivity index is 1.34. The first-order chi connectivity index (χ1) is 24.7. The summed E-state index contributed by atoms with van der Waals surface area (Å²) in [6.45, 7) is 1.31. The molecule has 270 valence electrons. The molecule has 5 rings (SSSR count). The summed E-state index contributed by atoms with van der Waals surface area (Å²) in [4.78, 5) is 29.7. The van der Waals surface area contributed by atoms with Crippen LogP contribution in [-0.2, 0) is 43.7 Å². The van der Waals surface area contributed by atoms with E-state index in [4.69, 9.17) is 30.5 Å². The molecule has 0 aliphatic carbocycles. The Morgan fingerprint density at radius 3 is 2.20 bits per heavy atom. The fourth-order valence-corrected chi connectivity index (χ4v) is 7.23. The summed E-state index contributed by atoms with van der Waals surface area (Å²) in [5.74, 6) is 0.775. The maximum Gasteiger partial charge on any atom is 0.261 e. The van der Waals surface area contributed by atoms with Crippen LogP contribution in [0.4, 0.5) is 0 Å². The van der Waals surface area contributed by atoms with Gasteiger partial charge in [-0.05, 0) is 71.6 Å². The van der Waals surface area contributed by atoms with Crippen molar-refractivity contribution in [1.82, 2.24) is 14.5 Å². The molecule has 1 aliphatic rings. The number of amides is 2. The predicted octanol–water partition coefficient (Wildman–Crippen LogP) is 4.76. The molecule has 0 aromatic heterocycles. The third-order valence-corrected chi connectivity index (χ3v) is 10.7. The first-order valence-electron chi connectivity index (χ1n) is 16.5. The Morgan fingerprint density at radius 2 is 1.53 bits per heavy atom. The Morgan fingerprint density at radius 1 is 0.863 bits per heavy atom. The molecule has 1 atom stereocenters. The number of sulfonamides is 1. The number of nitrogens with zero attached hydrogens (tertiary/aromatic N) is 2. The summed E-state index contributed by atoms with van der Waals surface area (Å²) < 4.78 is 49.4. The average molecular weight is 736 g/mol. The number of nitrogens with one attached hydrogen (secondary N) is 1. The molecule has 0 bridgehead atoms. The van der Waals surface area contributed by atoms with Gasteiger partial charge in [0.25, 0.3) is 5.91 Å². The van der Waals surface area contributed by atoms with Gasteiger partial charge in [0.2, 0.25) is 15.9 Å². The molecule has 1 fully saturated rings. The maximum absolute atomic E-state index is 14.0. The van der Waals surface area contributed by atoms with E-state index in [2.05, 4.69) is 5.32 Å². The van der Waals surface area contributed by atoms with Crippen molar-refractivity contribution in [2.75, 3.05) is 53.7 Å². The fourth-order valence-electron chi connectivity index (χ4n) is 5.70. The van der Waals surface area contributed by atoms with Gasteiger partial charge < -0.3 is 29.2 Å². The molecule has 4 aromatic rings. The van der Waals surface area contributed by atoms with Crippen molar-refractivity contribution in [1.29, 1.82) is 0 Å². The van der Waals surface area contributed by atoms with Crippen molar-refractivity contribution < 1.29 is 37.0 Å². The molecule has 0 saturated carbocycles. The second kappa shape index (κ2) is 18.0. The molecule has 1 aliphatic heterocycles. The largest absolute Gasteiger partial charge is 0.493 e. The van der Waals surface area contributed by atoms with E-state index in [1.807, 2.05) is 60.7 Å². The standard InChI is InChI=1S/C38H42ClN3O8S/c1-47-35-17-10-29(25-36(35)48-2)18-19-40-38(44)34(24-28-6-4-3-5-7-28)42(26-30-8-11-31(39)12-9-30)37(43)27-50-32-13-15-33(16-14-32)51(45,46)41-20-22-49-23-21-41/h3-17,25,34H,18-24,26-27H2,1-2H3,(H,40,44)/t34-/m1/s1. The number of carbonyl (C=O) groups excluding carboxylic acids is 2. The van der Waals surface area contributed by atoms with Crippen LogP contribution in [0.15, 0.2) is 102 Å². The molecule has 4 aromatic carbocycles. The third-order valence-electron chi connectivity index (χ3n) is 8.49. The molecule has 0 spiro atoms. The Labute approximate surface area is 304 Å². The lowest BCUT2D eigenvalue weighted by Gasteiger charge is -2.31. The quantitative estimate of drug-likeness (QED) is 0.175. The van der Waals surface area contributed by atoms with E-state index < -0.39 is 22.0 Å². The fraction of sp³-hybridized carbons (Fsp3) is 0.316. The molecule has 1 heterocycles. The highest BCUT2D eigenvalue weighted by Gasteiger charge is 2.31. The topological polar surface area (TPSA) is 124 Å². The van der Waals surface area contributed by atoms with Crippen LogP contribution in [0.2, 0.25) is 5.02 Å². The van der Waals surface area contributed by atoms with E-state index in [0.29, 0.717) is 48.5 Å². The maximum atomic E-state index is 14.0. The highest BCUT2D eigenvalue weighted by Crippen LogP contribution is 2.28. The molecule has 51 heavy (non-hydrogen) atoms. The van der Waals surface area contributed by atoms with E-state index in [1.165, 1.54) is 33.5 Å². The van der Waals surface area contributed by atoms with E-state index in [1.54, 1.807) is 26.4 Å². The smallest absolute Gasteiger partial charge is 0.261 e. The number of hydrogen-bond acceptors (Lipinski definition) is 8. The number of methoxy groups -OCH3 is 2. The minimum absolute atomic E-state index is 0.122. The van der Waals surface area contributed by atoms with Crippen molar-refractivity contribution in [3.8, 4) is 17.2 Å². The second-order valence-corrected chi connectivity index (χ2v) is 14.2. The first-order valence-corrected chi connectivity index (χ1v) is 18.4. The van der Waals surface area contributed by atoms with Crippen LogP contribution in [-0.4, -0.2) is 89.2 Å². The number of carbonyl (C=O) groups is 2. The van der Waals surface area contributed by atoms with Crippen LogP contribution < -0.4 is 19.5 Å².